The van der Waals surface area contributed by atoms with Gasteiger partial charge in [-0.15, -0.1) is 0 Å². The van der Waals surface area contributed by atoms with E-state index in [0.29, 0.717) is 22.9 Å². The second kappa shape index (κ2) is 5.24. The lowest BCUT2D eigenvalue weighted by molar-refractivity contribution is 0.100. The maximum Gasteiger partial charge on any atom is 0.248 e. The minimum absolute atomic E-state index is 0.239. The Bertz CT molecular complexity index is 554. The van der Waals surface area contributed by atoms with E-state index in [1.54, 1.807) is 30.5 Å². The van der Waals surface area contributed by atoms with Crippen molar-refractivity contribution in [3.63, 3.8) is 0 Å². The van der Waals surface area contributed by atoms with Crippen LogP contribution in [0.4, 0.5) is 0 Å². The number of rotatable bonds is 4. The van der Waals surface area contributed by atoms with Gasteiger partial charge in [-0.05, 0) is 24.3 Å². The molecule has 0 bridgehead atoms. The molecule has 1 aromatic carbocycles. The van der Waals surface area contributed by atoms with Crippen LogP contribution in [-0.4, -0.2) is 15.9 Å². The summed E-state index contributed by atoms with van der Waals surface area (Å²) in [6.45, 7) is 0.239. The van der Waals surface area contributed by atoms with Crippen LogP contribution in [-0.2, 0) is 6.54 Å². The predicted octanol–water partition coefficient (Wildman–Crippen LogP) is 0.826. The molecule has 0 saturated heterocycles. The highest BCUT2D eigenvalue weighted by Gasteiger charge is 2.06. The molecule has 6 nitrogen and oxygen atoms in total. The van der Waals surface area contributed by atoms with Crippen molar-refractivity contribution in [3.05, 3.63) is 47.9 Å². The molecule has 1 aromatic heterocycles. The SMILES string of the molecule is NCc1nccnc1Oc1ccc(C(N)=O)cc1. The third-order valence-electron chi connectivity index (χ3n) is 2.28. The molecule has 0 aliphatic rings. The van der Waals surface area contributed by atoms with Gasteiger partial charge in [0.05, 0.1) is 0 Å². The van der Waals surface area contributed by atoms with Gasteiger partial charge in [-0.3, -0.25) is 9.78 Å². The van der Waals surface area contributed by atoms with Crippen molar-refractivity contribution in [1.29, 1.82) is 0 Å². The van der Waals surface area contributed by atoms with Crippen LogP contribution in [0.3, 0.4) is 0 Å². The Labute approximate surface area is 104 Å². The van der Waals surface area contributed by atoms with E-state index in [-0.39, 0.29) is 6.54 Å². The van der Waals surface area contributed by atoms with Gasteiger partial charge in [0.25, 0.3) is 0 Å². The number of nitrogens with zero attached hydrogens (tertiary/aromatic N) is 2. The summed E-state index contributed by atoms with van der Waals surface area (Å²) in [7, 11) is 0. The molecule has 6 heteroatoms. The molecule has 2 rings (SSSR count). The van der Waals surface area contributed by atoms with Crippen LogP contribution in [0.15, 0.2) is 36.7 Å². The highest BCUT2D eigenvalue weighted by Crippen LogP contribution is 2.21. The maximum atomic E-state index is 10.9. The van der Waals surface area contributed by atoms with Gasteiger partial charge in [0.15, 0.2) is 0 Å². The summed E-state index contributed by atoms with van der Waals surface area (Å²) >= 11 is 0. The van der Waals surface area contributed by atoms with Gasteiger partial charge >= 0.3 is 0 Å². The van der Waals surface area contributed by atoms with Crippen LogP contribution >= 0.6 is 0 Å². The first-order valence-electron chi connectivity index (χ1n) is 5.28. The minimum atomic E-state index is -0.483. The smallest absolute Gasteiger partial charge is 0.248 e. The second-order valence-electron chi connectivity index (χ2n) is 3.50. The highest BCUT2D eigenvalue weighted by molar-refractivity contribution is 5.92. The Hall–Kier alpha value is -2.47. The van der Waals surface area contributed by atoms with Gasteiger partial charge in [-0.1, -0.05) is 0 Å². The zero-order valence-electron chi connectivity index (χ0n) is 9.54. The molecule has 0 unspecified atom stereocenters. The van der Waals surface area contributed by atoms with Gasteiger partial charge in [-0.25, -0.2) is 4.98 Å². The lowest BCUT2D eigenvalue weighted by Gasteiger charge is -2.07. The van der Waals surface area contributed by atoms with Crippen LogP contribution in [0.1, 0.15) is 16.1 Å². The fourth-order valence-corrected chi connectivity index (χ4v) is 1.38. The fraction of sp³-hybridized carbons (Fsp3) is 0.0833. The summed E-state index contributed by atoms with van der Waals surface area (Å²) in [5.41, 5.74) is 11.7. The van der Waals surface area contributed by atoms with E-state index in [4.69, 9.17) is 16.2 Å². The molecular weight excluding hydrogens is 232 g/mol. The summed E-state index contributed by atoms with van der Waals surface area (Å²) in [6, 6.07) is 6.43. The van der Waals surface area contributed by atoms with Crippen LogP contribution in [0.25, 0.3) is 0 Å². The number of carbonyl (C=O) groups excluding carboxylic acids is 1. The van der Waals surface area contributed by atoms with Gasteiger partial charge in [0.2, 0.25) is 11.8 Å². The first kappa shape index (κ1) is 12.0. The Morgan fingerprint density at radius 2 is 1.83 bits per heavy atom. The zero-order valence-corrected chi connectivity index (χ0v) is 9.54. The van der Waals surface area contributed by atoms with Gasteiger partial charge in [-0.2, -0.15) is 0 Å². The molecule has 0 saturated carbocycles. The fourth-order valence-electron chi connectivity index (χ4n) is 1.38. The molecule has 0 atom stereocenters. The average Bonchev–Trinajstić information content (AvgIpc) is 2.40. The zero-order chi connectivity index (χ0) is 13.0. The number of aromatic nitrogens is 2. The van der Waals surface area contributed by atoms with E-state index in [1.807, 2.05) is 0 Å². The largest absolute Gasteiger partial charge is 0.437 e. The van der Waals surface area contributed by atoms with Gasteiger partial charge in [0.1, 0.15) is 11.4 Å². The number of hydrogen-bond acceptors (Lipinski definition) is 5. The molecule has 0 spiro atoms. The predicted molar refractivity (Wildman–Crippen MR) is 65.0 cm³/mol. The number of nitrogens with two attached hydrogens (primary N) is 2. The van der Waals surface area contributed by atoms with Crippen molar-refractivity contribution in [2.45, 2.75) is 6.54 Å². The lowest BCUT2D eigenvalue weighted by atomic mass is 10.2. The summed E-state index contributed by atoms with van der Waals surface area (Å²) in [4.78, 5) is 19.0. The maximum absolute atomic E-state index is 10.9. The third kappa shape index (κ3) is 2.61. The molecule has 0 aliphatic carbocycles. The number of amides is 1. The van der Waals surface area contributed by atoms with Crippen molar-refractivity contribution >= 4 is 5.91 Å². The van der Waals surface area contributed by atoms with Gasteiger partial charge in [0, 0.05) is 24.5 Å². The molecule has 2 aromatic rings. The van der Waals surface area contributed by atoms with E-state index in [9.17, 15) is 4.79 Å². The van der Waals surface area contributed by atoms with E-state index in [2.05, 4.69) is 9.97 Å². The monoisotopic (exact) mass is 244 g/mol. The Morgan fingerprint density at radius 3 is 2.44 bits per heavy atom. The van der Waals surface area contributed by atoms with Crippen LogP contribution in [0.2, 0.25) is 0 Å². The third-order valence-corrected chi connectivity index (χ3v) is 2.28. The molecule has 4 N–H and O–H groups in total. The van der Waals surface area contributed by atoms with Crippen molar-refractivity contribution in [3.8, 4) is 11.6 Å². The van der Waals surface area contributed by atoms with Crippen molar-refractivity contribution in [2.75, 3.05) is 0 Å². The lowest BCUT2D eigenvalue weighted by Crippen LogP contribution is -2.10. The number of primary amides is 1. The summed E-state index contributed by atoms with van der Waals surface area (Å²) < 4.78 is 5.53. The summed E-state index contributed by atoms with van der Waals surface area (Å²) in [5.74, 6) is 0.408. The average molecular weight is 244 g/mol. The molecule has 1 amide bonds. The molecule has 92 valence electrons. The molecule has 0 aliphatic heterocycles. The number of ether oxygens (including phenoxy) is 1. The molecule has 0 fully saturated rings. The minimum Gasteiger partial charge on any atom is -0.437 e. The van der Waals surface area contributed by atoms with Crippen molar-refractivity contribution in [2.24, 2.45) is 11.5 Å². The molecule has 18 heavy (non-hydrogen) atoms. The quantitative estimate of drug-likeness (QED) is 0.828. The Morgan fingerprint density at radius 1 is 1.17 bits per heavy atom. The normalized spacial score (nSPS) is 10.1. The first-order chi connectivity index (χ1) is 8.70. The second-order valence-corrected chi connectivity index (χ2v) is 3.50. The molecule has 0 radical (unpaired) electrons. The number of carbonyl (C=O) groups is 1. The van der Waals surface area contributed by atoms with E-state index in [1.165, 1.54) is 6.20 Å². The topological polar surface area (TPSA) is 104 Å². The number of benzene rings is 1. The number of hydrogen-bond donors (Lipinski definition) is 2. The molecular formula is C12H12N4O2. The Balaban J connectivity index is 2.21. The standard InChI is InChI=1S/C12H12N4O2/c13-7-10-12(16-6-5-15-10)18-9-3-1-8(2-4-9)11(14)17/h1-6H,7,13H2,(H2,14,17). The van der Waals surface area contributed by atoms with E-state index >= 15 is 0 Å². The first-order valence-corrected chi connectivity index (χ1v) is 5.28. The Kier molecular flexibility index (Phi) is 3.49. The summed E-state index contributed by atoms with van der Waals surface area (Å²) in [6.07, 6.45) is 3.07. The van der Waals surface area contributed by atoms with Crippen molar-refractivity contribution < 1.29 is 9.53 Å². The van der Waals surface area contributed by atoms with E-state index < -0.39 is 5.91 Å². The van der Waals surface area contributed by atoms with E-state index in [0.717, 1.165) is 0 Å². The van der Waals surface area contributed by atoms with Gasteiger partial charge < -0.3 is 16.2 Å². The molecule has 1 heterocycles. The van der Waals surface area contributed by atoms with Crippen LogP contribution in [0.5, 0.6) is 11.6 Å². The van der Waals surface area contributed by atoms with Crippen LogP contribution < -0.4 is 16.2 Å². The highest BCUT2D eigenvalue weighted by atomic mass is 16.5. The van der Waals surface area contributed by atoms with Crippen LogP contribution in [0, 0.1) is 0 Å². The van der Waals surface area contributed by atoms with Crippen molar-refractivity contribution in [1.82, 2.24) is 9.97 Å². The summed E-state index contributed by atoms with van der Waals surface area (Å²) in [5, 5.41) is 0.